The van der Waals surface area contributed by atoms with Crippen LogP contribution in [-0.4, -0.2) is 41.1 Å². The molecule has 2 N–H and O–H groups in total. The molecule has 2 unspecified atom stereocenters. The van der Waals surface area contributed by atoms with Crippen LogP contribution in [0.4, 0.5) is 0 Å². The van der Waals surface area contributed by atoms with Crippen molar-refractivity contribution in [2.24, 2.45) is 11.7 Å². The molecule has 1 aromatic carbocycles. The fraction of sp³-hybridized carbons (Fsp3) is 0.565. The molecule has 2 heterocycles. The zero-order valence-electron chi connectivity index (χ0n) is 16.7. The number of rotatable bonds is 8. The van der Waals surface area contributed by atoms with Gasteiger partial charge in [0.15, 0.2) is 0 Å². The smallest absolute Gasteiger partial charge is 0.144 e. The number of likely N-dealkylation sites (tertiary alicyclic amines) is 1. The monoisotopic (exact) mass is 380 g/mol. The molecule has 5 nitrogen and oxygen atoms in total. The highest BCUT2D eigenvalue weighted by molar-refractivity contribution is 5.37. The number of ether oxygens (including phenoxy) is 1. The molecule has 1 saturated heterocycles. The Morgan fingerprint density at radius 2 is 1.96 bits per heavy atom. The lowest BCUT2D eigenvalue weighted by Gasteiger charge is -2.28. The van der Waals surface area contributed by atoms with Crippen molar-refractivity contribution in [3.63, 3.8) is 0 Å². The molecule has 0 spiro atoms. The largest absolute Gasteiger partial charge is 0.494 e. The first kappa shape index (κ1) is 19.3. The Kier molecular flexibility index (Phi) is 6.55. The lowest BCUT2D eigenvalue weighted by atomic mass is 9.83. The van der Waals surface area contributed by atoms with Crippen molar-refractivity contribution in [2.45, 2.75) is 51.0 Å². The summed E-state index contributed by atoms with van der Waals surface area (Å²) < 4.78 is 5.99. The molecule has 28 heavy (non-hydrogen) atoms. The van der Waals surface area contributed by atoms with Gasteiger partial charge >= 0.3 is 0 Å². The fourth-order valence-corrected chi connectivity index (χ4v) is 4.51. The van der Waals surface area contributed by atoms with Gasteiger partial charge in [0.05, 0.1) is 12.6 Å². The van der Waals surface area contributed by atoms with Gasteiger partial charge in [-0.15, -0.1) is 0 Å². The van der Waals surface area contributed by atoms with Crippen LogP contribution >= 0.6 is 0 Å². The van der Waals surface area contributed by atoms with Crippen LogP contribution in [0.15, 0.2) is 36.7 Å². The number of aromatic nitrogens is 2. The van der Waals surface area contributed by atoms with E-state index >= 15 is 0 Å². The van der Waals surface area contributed by atoms with E-state index in [1.165, 1.54) is 62.9 Å². The van der Waals surface area contributed by atoms with Crippen LogP contribution in [-0.2, 0) is 12.8 Å². The summed E-state index contributed by atoms with van der Waals surface area (Å²) in [6, 6.07) is 8.36. The third-order valence-electron chi connectivity index (χ3n) is 6.07. The van der Waals surface area contributed by atoms with E-state index in [4.69, 9.17) is 10.5 Å². The first-order valence-corrected chi connectivity index (χ1v) is 10.8. The molecule has 1 aromatic heterocycles. The zero-order valence-corrected chi connectivity index (χ0v) is 16.7. The predicted octanol–water partition coefficient (Wildman–Crippen LogP) is 3.54. The Morgan fingerprint density at radius 1 is 1.14 bits per heavy atom. The van der Waals surface area contributed by atoms with Crippen molar-refractivity contribution in [1.82, 2.24) is 14.9 Å². The zero-order chi connectivity index (χ0) is 19.2. The molecule has 1 aliphatic carbocycles. The molecule has 1 aliphatic heterocycles. The van der Waals surface area contributed by atoms with Gasteiger partial charge in [0.2, 0.25) is 0 Å². The van der Waals surface area contributed by atoms with E-state index in [1.54, 1.807) is 12.4 Å². The Labute approximate surface area is 168 Å². The molecule has 2 atom stereocenters. The number of fused-ring (bicyclic) bond motifs is 1. The minimum Gasteiger partial charge on any atom is -0.494 e. The van der Waals surface area contributed by atoms with Crippen molar-refractivity contribution in [3.05, 3.63) is 53.6 Å². The summed E-state index contributed by atoms with van der Waals surface area (Å²) >= 11 is 0. The Morgan fingerprint density at radius 3 is 2.79 bits per heavy atom. The van der Waals surface area contributed by atoms with Gasteiger partial charge in [0.1, 0.15) is 11.6 Å². The highest BCUT2D eigenvalue weighted by Gasteiger charge is 2.22. The standard InChI is InChI=1S/C23H32N4O/c24-22(23-25-10-4-11-26-23)5-3-14-28-21-9-8-19-15-18(6-7-20(19)16-21)17-27-12-1-2-13-27/h4,8-11,16,18,22H,1-3,5-7,12-15,17,24H2. The van der Waals surface area contributed by atoms with Crippen LogP contribution < -0.4 is 10.5 Å². The summed E-state index contributed by atoms with van der Waals surface area (Å²) in [5.74, 6) is 2.51. The summed E-state index contributed by atoms with van der Waals surface area (Å²) in [5, 5.41) is 0. The number of aryl methyl sites for hydroxylation is 1. The van der Waals surface area contributed by atoms with E-state index in [9.17, 15) is 0 Å². The van der Waals surface area contributed by atoms with Crippen LogP contribution in [0.2, 0.25) is 0 Å². The lowest BCUT2D eigenvalue weighted by molar-refractivity contribution is 0.261. The Balaban J connectivity index is 1.22. The van der Waals surface area contributed by atoms with Gasteiger partial charge in [0.25, 0.3) is 0 Å². The van der Waals surface area contributed by atoms with E-state index in [1.807, 2.05) is 6.07 Å². The fourth-order valence-electron chi connectivity index (χ4n) is 4.51. The number of nitrogens with two attached hydrogens (primary N) is 1. The van der Waals surface area contributed by atoms with Crippen LogP contribution in [0.25, 0.3) is 0 Å². The predicted molar refractivity (Wildman–Crippen MR) is 111 cm³/mol. The maximum absolute atomic E-state index is 6.15. The summed E-state index contributed by atoms with van der Waals surface area (Å²) in [5.41, 5.74) is 9.15. The second-order valence-electron chi connectivity index (χ2n) is 8.25. The lowest BCUT2D eigenvalue weighted by Crippen LogP contribution is -2.30. The molecular weight excluding hydrogens is 348 g/mol. The van der Waals surface area contributed by atoms with Crippen LogP contribution in [0.3, 0.4) is 0 Å². The van der Waals surface area contributed by atoms with Gasteiger partial charge in [-0.05, 0) is 93.3 Å². The Hall–Kier alpha value is -1.98. The molecule has 0 radical (unpaired) electrons. The minimum absolute atomic E-state index is 0.124. The number of benzene rings is 1. The van der Waals surface area contributed by atoms with Crippen LogP contribution in [0.5, 0.6) is 5.75 Å². The quantitative estimate of drug-likeness (QED) is 0.710. The van der Waals surface area contributed by atoms with E-state index in [-0.39, 0.29) is 6.04 Å². The van der Waals surface area contributed by atoms with E-state index in [0.717, 1.165) is 24.5 Å². The van der Waals surface area contributed by atoms with Gasteiger partial charge in [-0.3, -0.25) is 0 Å². The molecule has 0 saturated carbocycles. The third-order valence-corrected chi connectivity index (χ3v) is 6.07. The topological polar surface area (TPSA) is 64.3 Å². The summed E-state index contributed by atoms with van der Waals surface area (Å²) in [6.45, 7) is 4.56. The first-order valence-electron chi connectivity index (χ1n) is 10.8. The molecule has 1 fully saturated rings. The molecule has 150 valence electrons. The average Bonchev–Trinajstić information content (AvgIpc) is 3.25. The van der Waals surface area contributed by atoms with Crippen molar-refractivity contribution >= 4 is 0 Å². The van der Waals surface area contributed by atoms with Gasteiger partial charge in [-0.2, -0.15) is 0 Å². The molecule has 4 rings (SSSR count). The second-order valence-corrected chi connectivity index (χ2v) is 8.25. The van der Waals surface area contributed by atoms with Gasteiger partial charge in [-0.1, -0.05) is 6.07 Å². The molecule has 0 bridgehead atoms. The summed E-state index contributed by atoms with van der Waals surface area (Å²) in [4.78, 5) is 11.1. The maximum Gasteiger partial charge on any atom is 0.144 e. The van der Waals surface area contributed by atoms with E-state index in [2.05, 4.69) is 33.1 Å². The van der Waals surface area contributed by atoms with Crippen molar-refractivity contribution < 1.29 is 4.74 Å². The normalized spacial score (nSPS) is 20.7. The van der Waals surface area contributed by atoms with Crippen LogP contribution in [0.1, 0.15) is 55.1 Å². The molecular formula is C23H32N4O. The van der Waals surface area contributed by atoms with Crippen molar-refractivity contribution in [1.29, 1.82) is 0 Å². The number of nitrogens with zero attached hydrogens (tertiary/aromatic N) is 3. The SMILES string of the molecule is NC(CCCOc1ccc2c(c1)CCC(CN1CCCC1)C2)c1ncccn1. The highest BCUT2D eigenvalue weighted by atomic mass is 16.5. The highest BCUT2D eigenvalue weighted by Crippen LogP contribution is 2.30. The Bertz CT molecular complexity index is 746. The minimum atomic E-state index is -0.124. The first-order chi connectivity index (χ1) is 13.8. The van der Waals surface area contributed by atoms with E-state index < -0.39 is 0 Å². The summed E-state index contributed by atoms with van der Waals surface area (Å²) in [7, 11) is 0. The molecule has 0 amide bonds. The molecule has 5 heteroatoms. The average molecular weight is 381 g/mol. The van der Waals surface area contributed by atoms with Crippen molar-refractivity contribution in [3.8, 4) is 5.75 Å². The third kappa shape index (κ3) is 5.09. The molecule has 2 aliphatic rings. The van der Waals surface area contributed by atoms with Crippen LogP contribution in [0, 0.1) is 5.92 Å². The number of hydrogen-bond donors (Lipinski definition) is 1. The second kappa shape index (κ2) is 9.48. The van der Waals surface area contributed by atoms with E-state index in [0.29, 0.717) is 12.4 Å². The van der Waals surface area contributed by atoms with Crippen molar-refractivity contribution in [2.75, 3.05) is 26.2 Å². The van der Waals surface area contributed by atoms with Gasteiger partial charge in [-0.25, -0.2) is 9.97 Å². The summed E-state index contributed by atoms with van der Waals surface area (Å²) in [6.07, 6.45) is 11.7. The molecule has 2 aromatic rings. The number of hydrogen-bond acceptors (Lipinski definition) is 5. The maximum atomic E-state index is 6.15. The van der Waals surface area contributed by atoms with Gasteiger partial charge in [0, 0.05) is 18.9 Å². The van der Waals surface area contributed by atoms with Gasteiger partial charge < -0.3 is 15.4 Å².